The smallest absolute Gasteiger partial charge is 0.323 e. The third-order valence-corrected chi connectivity index (χ3v) is 1.42. The first-order chi connectivity index (χ1) is 7.67. The number of hydrogen-bond donors (Lipinski definition) is 1. The molecule has 0 aromatic heterocycles. The molecular formula is C9H19NO2. The Morgan fingerprint density at radius 1 is 1.50 bits per heavy atom. The van der Waals surface area contributed by atoms with Gasteiger partial charge in [0.2, 0.25) is 0 Å². The van der Waals surface area contributed by atoms with Crippen LogP contribution in [0.15, 0.2) is 0 Å². The van der Waals surface area contributed by atoms with E-state index in [1.807, 2.05) is 0 Å². The molecule has 72 valence electrons. The fourth-order valence-electron chi connectivity index (χ4n) is 0.543. The number of carbonyl (C=O) groups is 1. The van der Waals surface area contributed by atoms with E-state index >= 15 is 0 Å². The normalized spacial score (nSPS) is 24.1. The Kier molecular flexibility index (Phi) is 1.50. The van der Waals surface area contributed by atoms with Gasteiger partial charge in [-0.3, -0.25) is 4.79 Å². The third-order valence-electron chi connectivity index (χ3n) is 1.42. The van der Waals surface area contributed by atoms with Crippen LogP contribution < -0.4 is 5.73 Å². The largest absolute Gasteiger partial charge is 0.462 e. The molecule has 0 aliphatic rings. The van der Waals surface area contributed by atoms with Crippen LogP contribution in [-0.4, -0.2) is 18.1 Å². The predicted octanol–water partition coefficient (Wildman–Crippen LogP) is 1.31. The lowest BCUT2D eigenvalue weighted by Crippen LogP contribution is -2.44. The molecule has 0 aromatic carbocycles. The van der Waals surface area contributed by atoms with Crippen molar-refractivity contribution in [2.24, 2.45) is 11.1 Å². The molecule has 0 unspecified atom stereocenters. The van der Waals surface area contributed by atoms with Gasteiger partial charge in [-0.25, -0.2) is 0 Å². The first-order valence-electron chi connectivity index (χ1n) is 6.63. The van der Waals surface area contributed by atoms with Gasteiger partial charge in [-0.15, -0.1) is 0 Å². The summed E-state index contributed by atoms with van der Waals surface area (Å²) in [6.07, 6.45) is -2.16. The molecule has 0 aliphatic heterocycles. The Labute approximate surface area is 82.7 Å². The van der Waals surface area contributed by atoms with E-state index in [1.165, 1.54) is 0 Å². The maximum Gasteiger partial charge on any atom is 0.323 e. The summed E-state index contributed by atoms with van der Waals surface area (Å²) in [6, 6.07) is -1.09. The van der Waals surface area contributed by atoms with Crippen LogP contribution in [0.3, 0.4) is 0 Å². The lowest BCUT2D eigenvalue weighted by atomic mass is 9.87. The Hall–Kier alpha value is -0.570. The molecule has 3 nitrogen and oxygen atoms in total. The van der Waals surface area contributed by atoms with E-state index in [0.717, 1.165) is 0 Å². The van der Waals surface area contributed by atoms with E-state index in [-0.39, 0.29) is 0 Å². The highest BCUT2D eigenvalue weighted by Crippen LogP contribution is 2.18. The number of ether oxygens (including phenoxy) is 1. The molecule has 0 saturated heterocycles. The molecule has 0 rings (SSSR count). The van der Waals surface area contributed by atoms with Gasteiger partial charge < -0.3 is 10.5 Å². The molecule has 0 bridgehead atoms. The summed E-state index contributed by atoms with van der Waals surface area (Å²) in [5.74, 6) is -1.03. The maximum absolute atomic E-state index is 11.6. The van der Waals surface area contributed by atoms with Crippen molar-refractivity contribution in [2.45, 2.75) is 46.6 Å². The fourth-order valence-corrected chi connectivity index (χ4v) is 0.543. The minimum Gasteiger partial charge on any atom is -0.462 e. The Morgan fingerprint density at radius 2 is 2.00 bits per heavy atom. The lowest BCUT2D eigenvalue weighted by Gasteiger charge is -2.25. The topological polar surface area (TPSA) is 52.3 Å². The first-order valence-corrected chi connectivity index (χ1v) is 3.63. The average Bonchev–Trinajstić information content (AvgIpc) is 2.07. The van der Waals surface area contributed by atoms with E-state index < -0.39 is 37.2 Å². The summed E-state index contributed by atoms with van der Waals surface area (Å²) in [6.45, 7) is -0.840. The molecule has 2 N–H and O–H groups in total. The van der Waals surface area contributed by atoms with Crippen LogP contribution in [0.2, 0.25) is 0 Å². The third kappa shape index (κ3) is 3.72. The van der Waals surface area contributed by atoms with Crippen molar-refractivity contribution in [2.75, 3.05) is 0 Å². The summed E-state index contributed by atoms with van der Waals surface area (Å²) in [7, 11) is 0. The molecular weight excluding hydrogens is 154 g/mol. The fraction of sp³-hybridized carbons (Fsp3) is 0.889. The van der Waals surface area contributed by atoms with Crippen molar-refractivity contribution in [1.29, 1.82) is 0 Å². The summed E-state index contributed by atoms with van der Waals surface area (Å²) >= 11 is 0. The molecule has 0 aliphatic carbocycles. The Bertz CT molecular complexity index is 290. The van der Waals surface area contributed by atoms with Crippen LogP contribution >= 0.6 is 0 Å². The van der Waals surface area contributed by atoms with Crippen LogP contribution in [0.5, 0.6) is 0 Å². The van der Waals surface area contributed by atoms with Gasteiger partial charge >= 0.3 is 5.97 Å². The molecule has 1 atom stereocenters. The van der Waals surface area contributed by atoms with Crippen molar-refractivity contribution >= 4 is 5.97 Å². The lowest BCUT2D eigenvalue weighted by molar-refractivity contribution is -0.151. The van der Waals surface area contributed by atoms with Gasteiger partial charge in [-0.1, -0.05) is 20.8 Å². The molecule has 0 radical (unpaired) electrons. The van der Waals surface area contributed by atoms with Crippen LogP contribution in [0.25, 0.3) is 0 Å². The molecule has 0 aromatic rings. The minimum atomic E-state index is -2.92. The zero-order chi connectivity index (χ0) is 14.9. The zero-order valence-corrected chi connectivity index (χ0v) is 7.55. The summed E-state index contributed by atoms with van der Waals surface area (Å²) in [5.41, 5.74) is 4.94. The molecule has 12 heavy (non-hydrogen) atoms. The number of rotatable bonds is 2. The number of carbonyl (C=O) groups excluding carboxylic acids is 1. The number of esters is 1. The van der Waals surface area contributed by atoms with E-state index in [2.05, 4.69) is 4.74 Å². The first kappa shape index (κ1) is 4.61. The van der Waals surface area contributed by atoms with Crippen molar-refractivity contribution in [3.05, 3.63) is 0 Å². The highest BCUT2D eigenvalue weighted by molar-refractivity contribution is 5.76. The second-order valence-corrected chi connectivity index (χ2v) is 3.66. The van der Waals surface area contributed by atoms with Crippen molar-refractivity contribution < 1.29 is 17.8 Å². The zero-order valence-electron chi connectivity index (χ0n) is 13.5. The number of nitrogens with two attached hydrogens (primary N) is 1. The van der Waals surface area contributed by atoms with Gasteiger partial charge in [0.1, 0.15) is 6.04 Å². The van der Waals surface area contributed by atoms with Crippen LogP contribution in [-0.2, 0) is 9.53 Å². The van der Waals surface area contributed by atoms with Crippen molar-refractivity contribution in [3.63, 3.8) is 0 Å². The standard InChI is InChI=1S/C9H19NO2/c1-6(2)12-8(11)7(10)9(3,4)5/h6-7H,10H2,1-5H3/t7-/m1/s1/i1D3,2D3. The van der Waals surface area contributed by atoms with Gasteiger partial charge in [0, 0.05) is 8.22 Å². The van der Waals surface area contributed by atoms with Gasteiger partial charge in [-0.05, 0) is 19.1 Å². The predicted molar refractivity (Wildman–Crippen MR) is 48.7 cm³/mol. The minimum absolute atomic E-state index is 0.648. The van der Waals surface area contributed by atoms with Crippen LogP contribution in [0.4, 0.5) is 0 Å². The molecule has 0 fully saturated rings. The van der Waals surface area contributed by atoms with Gasteiger partial charge in [0.25, 0.3) is 0 Å². The van der Waals surface area contributed by atoms with Crippen LogP contribution in [0.1, 0.15) is 42.7 Å². The summed E-state index contributed by atoms with van der Waals surface area (Å²) in [5, 5.41) is 0. The van der Waals surface area contributed by atoms with Crippen molar-refractivity contribution in [3.8, 4) is 0 Å². The molecule has 0 saturated carbocycles. The van der Waals surface area contributed by atoms with E-state index in [0.29, 0.717) is 0 Å². The Balaban J connectivity index is 4.99. The SMILES string of the molecule is [2H]C([2H])([2H])C(OC(=O)[C@@H](N)C(C)(C)C)C([2H])([2H])[2H]. The van der Waals surface area contributed by atoms with Gasteiger partial charge in [-0.2, -0.15) is 0 Å². The molecule has 3 heteroatoms. The number of hydrogen-bond acceptors (Lipinski definition) is 3. The maximum atomic E-state index is 11.6. The summed E-state index contributed by atoms with van der Waals surface area (Å²) < 4.78 is 47.1. The molecule has 0 heterocycles. The van der Waals surface area contributed by atoms with E-state index in [9.17, 15) is 4.79 Å². The van der Waals surface area contributed by atoms with Gasteiger partial charge in [0.05, 0.1) is 6.10 Å². The monoisotopic (exact) mass is 179 g/mol. The quantitative estimate of drug-likeness (QED) is 0.650. The van der Waals surface area contributed by atoms with E-state index in [1.54, 1.807) is 20.8 Å². The second kappa shape index (κ2) is 3.90. The second-order valence-electron chi connectivity index (χ2n) is 3.66. The summed E-state index contributed by atoms with van der Waals surface area (Å²) in [4.78, 5) is 11.6. The Morgan fingerprint density at radius 3 is 2.33 bits per heavy atom. The molecule has 0 spiro atoms. The van der Waals surface area contributed by atoms with E-state index in [4.69, 9.17) is 14.0 Å². The highest BCUT2D eigenvalue weighted by Gasteiger charge is 2.29. The highest BCUT2D eigenvalue weighted by atomic mass is 16.5. The van der Waals surface area contributed by atoms with Gasteiger partial charge in [0.15, 0.2) is 0 Å². The average molecular weight is 179 g/mol. The van der Waals surface area contributed by atoms with Crippen molar-refractivity contribution in [1.82, 2.24) is 0 Å². The molecule has 0 amide bonds. The van der Waals surface area contributed by atoms with Crippen LogP contribution in [0, 0.1) is 5.41 Å².